The first-order chi connectivity index (χ1) is 10.3. The molecule has 0 aliphatic carbocycles. The van der Waals surface area contributed by atoms with E-state index in [-0.39, 0.29) is 10.2 Å². The van der Waals surface area contributed by atoms with Gasteiger partial charge in [0.05, 0.1) is 7.11 Å². The number of hydrogen-bond acceptors (Lipinski definition) is 6. The normalized spacial score (nSPS) is 11.1. The fourth-order valence-electron chi connectivity index (χ4n) is 1.77. The highest BCUT2D eigenvalue weighted by Crippen LogP contribution is 2.24. The second-order valence-corrected chi connectivity index (χ2v) is 7.45. The summed E-state index contributed by atoms with van der Waals surface area (Å²) < 4.78 is 36.1. The lowest BCUT2D eigenvalue weighted by atomic mass is 10.1. The van der Waals surface area contributed by atoms with Crippen molar-refractivity contribution in [3.05, 3.63) is 41.3 Å². The number of aryl methyl sites for hydroxylation is 1. The van der Waals surface area contributed by atoms with E-state index in [0.29, 0.717) is 5.82 Å². The van der Waals surface area contributed by atoms with E-state index in [0.717, 1.165) is 28.2 Å². The van der Waals surface area contributed by atoms with Crippen LogP contribution in [0, 0.1) is 6.92 Å². The molecular weight excluding hydrogens is 322 g/mol. The van der Waals surface area contributed by atoms with Gasteiger partial charge in [0.2, 0.25) is 4.34 Å². The molecule has 1 aromatic heterocycles. The Morgan fingerprint density at radius 3 is 2.55 bits per heavy atom. The summed E-state index contributed by atoms with van der Waals surface area (Å²) >= 11 is 0.834. The van der Waals surface area contributed by atoms with Crippen molar-refractivity contribution in [2.24, 2.45) is 0 Å². The number of rotatable bonds is 5. The summed E-state index contributed by atoms with van der Waals surface area (Å²) in [6.45, 7) is 5.43. The zero-order valence-corrected chi connectivity index (χ0v) is 14.4. The second kappa shape index (κ2) is 6.45. The number of methoxy groups -OCH3 is 1. The van der Waals surface area contributed by atoms with Crippen LogP contribution in [0.15, 0.2) is 40.1 Å². The van der Waals surface area contributed by atoms with E-state index < -0.39 is 10.0 Å². The summed E-state index contributed by atoms with van der Waals surface area (Å²) in [6, 6.07) is 7.55. The number of benzene rings is 1. The summed E-state index contributed by atoms with van der Waals surface area (Å²) in [5.74, 6) is 0.590. The fraction of sp³-hybridized carbons (Fsp3) is 0.286. The average molecular weight is 339 g/mol. The Morgan fingerprint density at radius 1 is 1.27 bits per heavy atom. The van der Waals surface area contributed by atoms with Crippen molar-refractivity contribution in [1.82, 2.24) is 14.1 Å². The second-order valence-electron chi connectivity index (χ2n) is 4.84. The third-order valence-corrected chi connectivity index (χ3v) is 5.31. The number of nitrogens with one attached hydrogen (secondary N) is 1. The first kappa shape index (κ1) is 16.4. The monoisotopic (exact) mass is 339 g/mol. The molecule has 0 amide bonds. The minimum Gasteiger partial charge on any atom is -0.482 e. The highest BCUT2D eigenvalue weighted by Gasteiger charge is 2.22. The van der Waals surface area contributed by atoms with Crippen LogP contribution in [0.2, 0.25) is 0 Å². The molecule has 0 radical (unpaired) electrons. The molecule has 0 saturated heterocycles. The van der Waals surface area contributed by atoms with Crippen molar-refractivity contribution in [3.8, 4) is 11.4 Å². The molecule has 0 atom stereocenters. The summed E-state index contributed by atoms with van der Waals surface area (Å²) in [6.07, 6.45) is 0. The van der Waals surface area contributed by atoms with Gasteiger partial charge in [0.1, 0.15) is 0 Å². The SMILES string of the molecule is COC(NS(=O)(=O)c1nc(-c2ccccc2C)ns1)=C(C)C. The quantitative estimate of drug-likeness (QED) is 0.847. The first-order valence-electron chi connectivity index (χ1n) is 6.49. The molecule has 0 saturated carbocycles. The van der Waals surface area contributed by atoms with Gasteiger partial charge in [0.15, 0.2) is 11.7 Å². The van der Waals surface area contributed by atoms with Gasteiger partial charge in [0, 0.05) is 17.1 Å². The van der Waals surface area contributed by atoms with Crippen molar-refractivity contribution in [2.45, 2.75) is 25.1 Å². The molecule has 2 aromatic rings. The van der Waals surface area contributed by atoms with Crippen molar-refractivity contribution >= 4 is 21.6 Å². The van der Waals surface area contributed by atoms with E-state index in [1.807, 2.05) is 31.2 Å². The predicted molar refractivity (Wildman–Crippen MR) is 85.8 cm³/mol. The van der Waals surface area contributed by atoms with Gasteiger partial charge in [-0.25, -0.2) is 9.71 Å². The molecule has 0 fully saturated rings. The molecule has 1 N–H and O–H groups in total. The molecule has 22 heavy (non-hydrogen) atoms. The summed E-state index contributed by atoms with van der Waals surface area (Å²) in [4.78, 5) is 4.14. The van der Waals surface area contributed by atoms with Crippen LogP contribution < -0.4 is 4.72 Å². The van der Waals surface area contributed by atoms with Gasteiger partial charge in [-0.2, -0.15) is 12.8 Å². The van der Waals surface area contributed by atoms with E-state index >= 15 is 0 Å². The summed E-state index contributed by atoms with van der Waals surface area (Å²) in [7, 11) is -2.40. The van der Waals surface area contributed by atoms with Crippen LogP contribution in [-0.2, 0) is 14.8 Å². The first-order valence-corrected chi connectivity index (χ1v) is 8.75. The van der Waals surface area contributed by atoms with Crippen molar-refractivity contribution in [1.29, 1.82) is 0 Å². The Kier molecular flexibility index (Phi) is 4.82. The van der Waals surface area contributed by atoms with Gasteiger partial charge < -0.3 is 4.74 Å². The largest absolute Gasteiger partial charge is 0.482 e. The molecule has 8 heteroatoms. The molecular formula is C14H17N3O3S2. The number of hydrogen-bond donors (Lipinski definition) is 1. The maximum Gasteiger partial charge on any atom is 0.293 e. The van der Waals surface area contributed by atoms with E-state index in [4.69, 9.17) is 4.74 Å². The maximum atomic E-state index is 12.3. The molecule has 0 aliphatic heterocycles. The lowest BCUT2D eigenvalue weighted by Gasteiger charge is -2.09. The van der Waals surface area contributed by atoms with Crippen LogP contribution in [0.1, 0.15) is 19.4 Å². The van der Waals surface area contributed by atoms with Crippen LogP contribution >= 0.6 is 11.5 Å². The van der Waals surface area contributed by atoms with Crippen molar-refractivity contribution in [2.75, 3.05) is 7.11 Å². The van der Waals surface area contributed by atoms with Crippen LogP contribution in [0.25, 0.3) is 11.4 Å². The molecule has 2 rings (SSSR count). The van der Waals surface area contributed by atoms with Gasteiger partial charge in [-0.15, -0.1) is 0 Å². The standard InChI is InChI=1S/C14H17N3O3S2/c1-9(2)13(20-4)17-22(18,19)14-15-12(16-21-14)11-8-6-5-7-10(11)3/h5-8,17H,1-4H3. The third-order valence-electron chi connectivity index (χ3n) is 2.91. The van der Waals surface area contributed by atoms with Gasteiger partial charge in [-0.3, -0.25) is 0 Å². The van der Waals surface area contributed by atoms with E-state index in [1.54, 1.807) is 13.8 Å². The fourth-order valence-corrected chi connectivity index (χ4v) is 3.65. The molecule has 1 heterocycles. The smallest absolute Gasteiger partial charge is 0.293 e. The van der Waals surface area contributed by atoms with Crippen LogP contribution in [-0.4, -0.2) is 24.9 Å². The summed E-state index contributed by atoms with van der Waals surface area (Å²) in [5, 5.41) is 0. The Bertz CT molecular complexity index is 806. The minimum atomic E-state index is -3.80. The van der Waals surface area contributed by atoms with Crippen molar-refractivity contribution in [3.63, 3.8) is 0 Å². The number of sulfonamides is 1. The Morgan fingerprint density at radius 2 is 1.95 bits per heavy atom. The van der Waals surface area contributed by atoms with Gasteiger partial charge in [0.25, 0.3) is 10.0 Å². The van der Waals surface area contributed by atoms with Crippen molar-refractivity contribution < 1.29 is 13.2 Å². The zero-order valence-electron chi connectivity index (χ0n) is 12.7. The third kappa shape index (κ3) is 3.45. The lowest BCUT2D eigenvalue weighted by Crippen LogP contribution is -2.24. The van der Waals surface area contributed by atoms with Crippen LogP contribution in [0.5, 0.6) is 0 Å². The van der Waals surface area contributed by atoms with Crippen LogP contribution in [0.4, 0.5) is 0 Å². The highest BCUT2D eigenvalue weighted by molar-refractivity contribution is 7.91. The van der Waals surface area contributed by atoms with Gasteiger partial charge in [-0.1, -0.05) is 24.3 Å². The highest BCUT2D eigenvalue weighted by atomic mass is 32.2. The van der Waals surface area contributed by atoms with Gasteiger partial charge in [-0.05, 0) is 31.9 Å². The molecule has 6 nitrogen and oxygen atoms in total. The summed E-state index contributed by atoms with van der Waals surface area (Å²) in [5.41, 5.74) is 2.52. The zero-order chi connectivity index (χ0) is 16.3. The van der Waals surface area contributed by atoms with E-state index in [2.05, 4.69) is 14.1 Å². The number of allylic oxidation sites excluding steroid dienone is 1. The molecule has 0 unspecified atom stereocenters. The molecule has 0 aliphatic rings. The minimum absolute atomic E-state index is 0.0958. The van der Waals surface area contributed by atoms with Gasteiger partial charge >= 0.3 is 0 Å². The lowest BCUT2D eigenvalue weighted by molar-refractivity contribution is 0.272. The Hall–Kier alpha value is -1.93. The molecule has 118 valence electrons. The van der Waals surface area contributed by atoms with Crippen LogP contribution in [0.3, 0.4) is 0 Å². The molecule has 0 spiro atoms. The molecule has 1 aromatic carbocycles. The topological polar surface area (TPSA) is 81.2 Å². The number of aromatic nitrogens is 2. The number of ether oxygens (including phenoxy) is 1. The Labute approximate surface area is 134 Å². The molecule has 0 bridgehead atoms. The van der Waals surface area contributed by atoms with E-state index in [9.17, 15) is 8.42 Å². The average Bonchev–Trinajstić information content (AvgIpc) is 2.95. The van der Waals surface area contributed by atoms with E-state index in [1.165, 1.54) is 7.11 Å². The Balaban J connectivity index is 2.36. The maximum absolute atomic E-state index is 12.3. The number of nitrogens with zero attached hydrogens (tertiary/aromatic N) is 2. The predicted octanol–water partition coefficient (Wildman–Crippen LogP) is 2.69.